The second-order valence-electron chi connectivity index (χ2n) is 4.82. The van der Waals surface area contributed by atoms with Gasteiger partial charge in [0.1, 0.15) is 11.5 Å². The van der Waals surface area contributed by atoms with Crippen molar-refractivity contribution in [3.63, 3.8) is 0 Å². The van der Waals surface area contributed by atoms with Crippen molar-refractivity contribution >= 4 is 0 Å². The van der Waals surface area contributed by atoms with Crippen LogP contribution in [0.2, 0.25) is 0 Å². The van der Waals surface area contributed by atoms with Crippen molar-refractivity contribution < 1.29 is 24.1 Å². The predicted molar refractivity (Wildman–Crippen MR) is 80.5 cm³/mol. The van der Waals surface area contributed by atoms with Crippen LogP contribution < -0.4 is 9.47 Å². The van der Waals surface area contributed by atoms with Crippen LogP contribution in [0.3, 0.4) is 0 Å². The van der Waals surface area contributed by atoms with E-state index in [0.717, 1.165) is 5.56 Å². The van der Waals surface area contributed by atoms with Gasteiger partial charge in [-0.05, 0) is 38.0 Å². The molecule has 0 spiro atoms. The number of methoxy groups -OCH3 is 2. The van der Waals surface area contributed by atoms with Gasteiger partial charge in [0.15, 0.2) is 13.6 Å². The van der Waals surface area contributed by atoms with Crippen molar-refractivity contribution in [3.05, 3.63) is 34.9 Å². The van der Waals surface area contributed by atoms with Crippen LogP contribution in [0, 0.1) is 0 Å². The fourth-order valence-electron chi connectivity index (χ4n) is 1.78. The summed E-state index contributed by atoms with van der Waals surface area (Å²) in [5, 5.41) is 9.36. The fourth-order valence-corrected chi connectivity index (χ4v) is 1.78. The number of ether oxygens (including phenoxy) is 4. The third-order valence-corrected chi connectivity index (χ3v) is 2.79. The van der Waals surface area contributed by atoms with Gasteiger partial charge in [-0.15, -0.1) is 0 Å². The molecular weight excluding hydrogens is 272 g/mol. The summed E-state index contributed by atoms with van der Waals surface area (Å²) in [5.41, 5.74) is 2.83. The molecule has 0 fully saturated rings. The molecule has 0 saturated heterocycles. The van der Waals surface area contributed by atoms with Gasteiger partial charge < -0.3 is 24.1 Å². The van der Waals surface area contributed by atoms with Crippen molar-refractivity contribution in [1.82, 2.24) is 0 Å². The number of rotatable bonds is 9. The van der Waals surface area contributed by atoms with E-state index in [4.69, 9.17) is 18.9 Å². The largest absolute Gasteiger partial charge is 0.467 e. The topological polar surface area (TPSA) is 57.2 Å². The minimum absolute atomic E-state index is 0.0877. The summed E-state index contributed by atoms with van der Waals surface area (Å²) in [5.74, 6) is 1.29. The molecule has 1 N–H and O–H groups in total. The van der Waals surface area contributed by atoms with E-state index in [1.807, 2.05) is 13.8 Å². The van der Waals surface area contributed by atoms with E-state index in [9.17, 15) is 5.11 Å². The molecule has 1 aromatic carbocycles. The Morgan fingerprint density at radius 1 is 1.05 bits per heavy atom. The Morgan fingerprint density at radius 2 is 1.57 bits per heavy atom. The molecule has 118 valence electrons. The second kappa shape index (κ2) is 9.39. The molecule has 0 saturated carbocycles. The van der Waals surface area contributed by atoms with Gasteiger partial charge >= 0.3 is 0 Å². The van der Waals surface area contributed by atoms with E-state index in [0.29, 0.717) is 23.5 Å². The maximum atomic E-state index is 9.36. The molecule has 1 aromatic rings. The van der Waals surface area contributed by atoms with Gasteiger partial charge in [-0.2, -0.15) is 0 Å². The summed E-state index contributed by atoms with van der Waals surface area (Å²) in [4.78, 5) is 0. The van der Waals surface area contributed by atoms with E-state index in [2.05, 4.69) is 6.08 Å². The van der Waals surface area contributed by atoms with E-state index < -0.39 is 0 Å². The van der Waals surface area contributed by atoms with Gasteiger partial charge in [0, 0.05) is 19.8 Å². The molecule has 0 bridgehead atoms. The molecule has 5 heteroatoms. The molecule has 0 aliphatic carbocycles. The summed E-state index contributed by atoms with van der Waals surface area (Å²) >= 11 is 0. The Bertz CT molecular complexity index is 435. The number of aliphatic hydroxyl groups is 1. The normalized spacial score (nSPS) is 10.3. The van der Waals surface area contributed by atoms with Gasteiger partial charge in [-0.3, -0.25) is 0 Å². The highest BCUT2D eigenvalue weighted by molar-refractivity contribution is 5.49. The molecule has 0 unspecified atom stereocenters. The Hall–Kier alpha value is -1.56. The number of hydrogen-bond acceptors (Lipinski definition) is 5. The third kappa shape index (κ3) is 5.75. The Morgan fingerprint density at radius 3 is 1.95 bits per heavy atom. The van der Waals surface area contributed by atoms with Crippen LogP contribution in [-0.4, -0.2) is 32.9 Å². The van der Waals surface area contributed by atoms with Crippen molar-refractivity contribution in [2.24, 2.45) is 0 Å². The zero-order valence-electron chi connectivity index (χ0n) is 13.1. The summed E-state index contributed by atoms with van der Waals surface area (Å²) in [6.07, 6.45) is 2.76. The van der Waals surface area contributed by atoms with Crippen LogP contribution in [0.5, 0.6) is 11.5 Å². The van der Waals surface area contributed by atoms with Crippen LogP contribution in [0.15, 0.2) is 23.8 Å². The lowest BCUT2D eigenvalue weighted by Gasteiger charge is -2.16. The van der Waals surface area contributed by atoms with Crippen molar-refractivity contribution in [1.29, 1.82) is 0 Å². The second-order valence-corrected chi connectivity index (χ2v) is 4.82. The first-order valence-electron chi connectivity index (χ1n) is 6.75. The first kappa shape index (κ1) is 17.5. The average Bonchev–Trinajstić information content (AvgIpc) is 2.48. The molecule has 0 atom stereocenters. The van der Waals surface area contributed by atoms with Crippen LogP contribution >= 0.6 is 0 Å². The lowest BCUT2D eigenvalue weighted by molar-refractivity contribution is 0.0446. The highest BCUT2D eigenvalue weighted by Gasteiger charge is 2.13. The zero-order valence-corrected chi connectivity index (χ0v) is 13.1. The van der Waals surface area contributed by atoms with Gasteiger partial charge in [0.2, 0.25) is 0 Å². The maximum Gasteiger partial charge on any atom is 0.188 e. The van der Waals surface area contributed by atoms with E-state index in [1.165, 1.54) is 5.57 Å². The molecule has 1 rings (SSSR count). The minimum atomic E-state index is -0.0877. The van der Waals surface area contributed by atoms with Crippen molar-refractivity contribution in [2.75, 3.05) is 27.8 Å². The first-order chi connectivity index (χ1) is 10.1. The molecule has 5 nitrogen and oxygen atoms in total. The number of hydrogen-bond donors (Lipinski definition) is 1. The van der Waals surface area contributed by atoms with Gasteiger partial charge in [-0.25, -0.2) is 0 Å². The first-order valence-corrected chi connectivity index (χ1v) is 6.75. The van der Waals surface area contributed by atoms with E-state index in [-0.39, 0.29) is 20.2 Å². The summed E-state index contributed by atoms with van der Waals surface area (Å²) in [7, 11) is 3.13. The zero-order chi connectivity index (χ0) is 15.7. The molecule has 0 amide bonds. The van der Waals surface area contributed by atoms with Crippen molar-refractivity contribution in [3.8, 4) is 11.5 Å². The molecule has 0 heterocycles. The van der Waals surface area contributed by atoms with Crippen LogP contribution in [0.4, 0.5) is 0 Å². The molecule has 0 aliphatic rings. The molecule has 0 aromatic heterocycles. The highest BCUT2D eigenvalue weighted by atomic mass is 16.7. The number of benzene rings is 1. The van der Waals surface area contributed by atoms with E-state index in [1.54, 1.807) is 26.4 Å². The average molecular weight is 296 g/mol. The highest BCUT2D eigenvalue weighted by Crippen LogP contribution is 2.32. The van der Waals surface area contributed by atoms with Gasteiger partial charge in [0.05, 0.1) is 6.61 Å². The third-order valence-electron chi connectivity index (χ3n) is 2.79. The molecule has 21 heavy (non-hydrogen) atoms. The standard InChI is InChI=1S/C16H24O5/c1-12(2)5-6-14-15(20-10-18-3)7-13(9-17)8-16(14)21-11-19-4/h5,7-8,17H,6,9-11H2,1-4H3. The lowest BCUT2D eigenvalue weighted by Crippen LogP contribution is -2.07. The van der Waals surface area contributed by atoms with Crippen molar-refractivity contribution in [2.45, 2.75) is 26.9 Å². The van der Waals surface area contributed by atoms with Crippen LogP contribution in [-0.2, 0) is 22.5 Å². The SMILES string of the molecule is COCOc1cc(CO)cc(OCOC)c1CC=C(C)C. The molecule has 0 radical (unpaired) electrons. The predicted octanol–water partition coefficient (Wildman–Crippen LogP) is 2.65. The Balaban J connectivity index is 3.17. The smallest absolute Gasteiger partial charge is 0.188 e. The molecule has 0 aliphatic heterocycles. The summed E-state index contributed by atoms with van der Waals surface area (Å²) < 4.78 is 21.1. The van der Waals surface area contributed by atoms with Gasteiger partial charge in [-0.1, -0.05) is 11.6 Å². The van der Waals surface area contributed by atoms with Crippen LogP contribution in [0.1, 0.15) is 25.0 Å². The summed E-state index contributed by atoms with van der Waals surface area (Å²) in [6.45, 7) is 4.26. The van der Waals surface area contributed by atoms with E-state index >= 15 is 0 Å². The fraction of sp³-hybridized carbons (Fsp3) is 0.500. The number of allylic oxidation sites excluding steroid dienone is 2. The maximum absolute atomic E-state index is 9.36. The van der Waals surface area contributed by atoms with Crippen LogP contribution in [0.25, 0.3) is 0 Å². The van der Waals surface area contributed by atoms with Gasteiger partial charge in [0.25, 0.3) is 0 Å². The quantitative estimate of drug-likeness (QED) is 0.561. The minimum Gasteiger partial charge on any atom is -0.467 e. The lowest BCUT2D eigenvalue weighted by atomic mass is 10.0. The Kier molecular flexibility index (Phi) is 7.82. The summed E-state index contributed by atoms with van der Waals surface area (Å²) in [6, 6.07) is 3.60. The molecular formula is C16H24O5. The Labute approximate surface area is 126 Å². The monoisotopic (exact) mass is 296 g/mol. The number of aliphatic hydroxyl groups excluding tert-OH is 1.